The van der Waals surface area contributed by atoms with E-state index in [1.165, 1.54) is 0 Å². The predicted octanol–water partition coefficient (Wildman–Crippen LogP) is 2.81. The summed E-state index contributed by atoms with van der Waals surface area (Å²) in [6.45, 7) is 1.96. The van der Waals surface area contributed by atoms with E-state index >= 15 is 0 Å². The van der Waals surface area contributed by atoms with Crippen molar-refractivity contribution in [2.45, 2.75) is 13.5 Å². The second-order valence-corrected chi connectivity index (χ2v) is 6.76. The van der Waals surface area contributed by atoms with Gasteiger partial charge in [-0.15, -0.1) is 0 Å². The summed E-state index contributed by atoms with van der Waals surface area (Å²) in [4.78, 5) is 4.55. The number of para-hydroxylation sites is 1. The number of fused-ring (bicyclic) bond motifs is 1. The minimum absolute atomic E-state index is 0.0199. The second-order valence-electron chi connectivity index (χ2n) is 5.12. The normalized spacial score (nSPS) is 11.9. The minimum atomic E-state index is -3.45. The van der Waals surface area contributed by atoms with Gasteiger partial charge in [0.05, 0.1) is 23.9 Å². The second kappa shape index (κ2) is 5.55. The van der Waals surface area contributed by atoms with Crippen LogP contribution in [0, 0.1) is 6.92 Å². The molecule has 0 aliphatic rings. The number of hydrogen-bond donors (Lipinski definition) is 0. The monoisotopic (exact) mass is 316 g/mol. The Bertz CT molecular complexity index is 915. The van der Waals surface area contributed by atoms with Crippen LogP contribution in [-0.4, -0.2) is 24.2 Å². The maximum Gasteiger partial charge on any atom is 0.264 e. The lowest BCUT2D eigenvalue weighted by molar-refractivity contribution is 0.312. The third kappa shape index (κ3) is 3.03. The van der Waals surface area contributed by atoms with Crippen LogP contribution in [0.2, 0.25) is 0 Å². The van der Waals surface area contributed by atoms with Crippen molar-refractivity contribution in [2.24, 2.45) is 0 Å². The molecule has 2 aromatic carbocycles. The van der Waals surface area contributed by atoms with Crippen LogP contribution in [0.4, 0.5) is 0 Å². The van der Waals surface area contributed by atoms with Gasteiger partial charge < -0.3 is 0 Å². The molecule has 0 spiro atoms. The van der Waals surface area contributed by atoms with Gasteiger partial charge in [0, 0.05) is 5.69 Å². The fourth-order valence-corrected chi connectivity index (χ4v) is 2.76. The molecule has 0 radical (unpaired) electrons. The minimum Gasteiger partial charge on any atom is -0.297 e. The average Bonchev–Trinajstić information content (AvgIpc) is 2.80. The largest absolute Gasteiger partial charge is 0.297 e. The zero-order chi connectivity index (χ0) is 15.7. The van der Waals surface area contributed by atoms with Crippen molar-refractivity contribution < 1.29 is 12.6 Å². The molecule has 5 nitrogen and oxygen atoms in total. The molecular weight excluding hydrogens is 300 g/mol. The van der Waals surface area contributed by atoms with Crippen LogP contribution in [0.15, 0.2) is 48.5 Å². The topological polar surface area (TPSA) is 61.2 Å². The fraction of sp³-hybridized carbons (Fsp3) is 0.188. The molecule has 1 heterocycles. The number of rotatable bonds is 4. The van der Waals surface area contributed by atoms with E-state index in [1.54, 1.807) is 0 Å². The molecule has 3 aromatic rings. The van der Waals surface area contributed by atoms with Crippen LogP contribution in [-0.2, 0) is 20.9 Å². The Labute approximate surface area is 129 Å². The number of nitrogens with zero attached hydrogens (tertiary/aromatic N) is 2. The van der Waals surface area contributed by atoms with Gasteiger partial charge in [-0.3, -0.25) is 8.75 Å². The Hall–Kier alpha value is -2.18. The highest BCUT2D eigenvalue weighted by molar-refractivity contribution is 7.85. The standard InChI is InChI=1S/C16H16N2O3S/c1-12-17-15-10-13(11-21-22(2,19)20)8-9-16(15)18(12)14-6-4-3-5-7-14/h3-10H,11H2,1-2H3. The van der Waals surface area contributed by atoms with Gasteiger partial charge in [0.15, 0.2) is 0 Å². The van der Waals surface area contributed by atoms with Gasteiger partial charge >= 0.3 is 0 Å². The van der Waals surface area contributed by atoms with Crippen molar-refractivity contribution in [3.05, 3.63) is 59.9 Å². The highest BCUT2D eigenvalue weighted by Gasteiger charge is 2.10. The summed E-state index contributed by atoms with van der Waals surface area (Å²) in [5, 5.41) is 0. The molecule has 0 bridgehead atoms. The Morgan fingerprint density at radius 2 is 1.86 bits per heavy atom. The zero-order valence-electron chi connectivity index (χ0n) is 12.4. The first-order valence-corrected chi connectivity index (χ1v) is 8.63. The Morgan fingerprint density at radius 1 is 1.14 bits per heavy atom. The molecule has 0 N–H and O–H groups in total. The zero-order valence-corrected chi connectivity index (χ0v) is 13.2. The van der Waals surface area contributed by atoms with Crippen LogP contribution in [0.25, 0.3) is 16.7 Å². The molecule has 3 rings (SSSR count). The van der Waals surface area contributed by atoms with Crippen molar-refractivity contribution in [3.8, 4) is 5.69 Å². The van der Waals surface area contributed by atoms with Gasteiger partial charge in [-0.1, -0.05) is 24.3 Å². The summed E-state index contributed by atoms with van der Waals surface area (Å²) in [7, 11) is -3.45. The first-order chi connectivity index (χ1) is 10.4. The summed E-state index contributed by atoms with van der Waals surface area (Å²) >= 11 is 0. The smallest absolute Gasteiger partial charge is 0.264 e. The third-order valence-electron chi connectivity index (χ3n) is 3.34. The molecule has 114 valence electrons. The van der Waals surface area contributed by atoms with Crippen molar-refractivity contribution in [1.82, 2.24) is 9.55 Å². The quantitative estimate of drug-likeness (QED) is 0.694. The van der Waals surface area contributed by atoms with Crippen molar-refractivity contribution in [2.75, 3.05) is 6.26 Å². The maximum absolute atomic E-state index is 11.1. The molecule has 0 saturated carbocycles. The Balaban J connectivity index is 2.02. The molecule has 1 aromatic heterocycles. The van der Waals surface area contributed by atoms with Crippen molar-refractivity contribution in [3.63, 3.8) is 0 Å². The fourth-order valence-electron chi connectivity index (χ4n) is 2.41. The van der Waals surface area contributed by atoms with E-state index in [0.29, 0.717) is 0 Å². The van der Waals surface area contributed by atoms with Crippen LogP contribution in [0.3, 0.4) is 0 Å². The Morgan fingerprint density at radius 3 is 2.55 bits per heavy atom. The lowest BCUT2D eigenvalue weighted by Gasteiger charge is -2.07. The lowest BCUT2D eigenvalue weighted by Crippen LogP contribution is -2.02. The summed E-state index contributed by atoms with van der Waals surface area (Å²) < 4.78 is 29.0. The summed E-state index contributed by atoms with van der Waals surface area (Å²) in [6, 6.07) is 15.6. The molecule has 0 aliphatic heterocycles. The van der Waals surface area contributed by atoms with Crippen molar-refractivity contribution >= 4 is 21.2 Å². The maximum atomic E-state index is 11.1. The summed E-state index contributed by atoms with van der Waals surface area (Å²) in [5.74, 6) is 0.877. The van der Waals surface area contributed by atoms with Gasteiger partial charge in [-0.2, -0.15) is 8.42 Å². The highest BCUT2D eigenvalue weighted by atomic mass is 32.2. The van der Waals surface area contributed by atoms with E-state index in [0.717, 1.165) is 34.4 Å². The van der Waals surface area contributed by atoms with E-state index in [4.69, 9.17) is 4.18 Å². The predicted molar refractivity (Wildman–Crippen MR) is 85.4 cm³/mol. The van der Waals surface area contributed by atoms with Crippen molar-refractivity contribution in [1.29, 1.82) is 0 Å². The van der Waals surface area contributed by atoms with Crippen LogP contribution >= 0.6 is 0 Å². The number of hydrogen-bond acceptors (Lipinski definition) is 4. The van der Waals surface area contributed by atoms with Gasteiger partial charge in [0.1, 0.15) is 5.82 Å². The number of benzene rings is 2. The lowest BCUT2D eigenvalue weighted by atomic mass is 10.2. The number of aromatic nitrogens is 2. The summed E-state index contributed by atoms with van der Waals surface area (Å²) in [5.41, 5.74) is 3.61. The SMILES string of the molecule is Cc1nc2cc(COS(C)(=O)=O)ccc2n1-c1ccccc1. The van der Waals surface area contributed by atoms with Crippen LogP contribution in [0.5, 0.6) is 0 Å². The van der Waals surface area contributed by atoms with Crippen LogP contribution < -0.4 is 0 Å². The molecule has 0 atom stereocenters. The molecule has 0 aliphatic carbocycles. The van der Waals surface area contributed by atoms with E-state index in [2.05, 4.69) is 9.55 Å². The van der Waals surface area contributed by atoms with E-state index < -0.39 is 10.1 Å². The molecule has 0 amide bonds. The molecule has 22 heavy (non-hydrogen) atoms. The van der Waals surface area contributed by atoms with Gasteiger partial charge in [-0.05, 0) is 36.8 Å². The number of aryl methyl sites for hydroxylation is 1. The first-order valence-electron chi connectivity index (χ1n) is 6.82. The first kappa shape index (κ1) is 14.7. The summed E-state index contributed by atoms with van der Waals surface area (Å²) in [6.07, 6.45) is 1.04. The van der Waals surface area contributed by atoms with Gasteiger partial charge in [0.2, 0.25) is 0 Å². The molecule has 6 heteroatoms. The molecule has 0 saturated heterocycles. The van der Waals surface area contributed by atoms with Crippen LogP contribution in [0.1, 0.15) is 11.4 Å². The number of imidazole rings is 1. The molecular formula is C16H16N2O3S. The third-order valence-corrected chi connectivity index (χ3v) is 3.89. The van der Waals surface area contributed by atoms with E-state index in [-0.39, 0.29) is 6.61 Å². The average molecular weight is 316 g/mol. The van der Waals surface area contributed by atoms with E-state index in [9.17, 15) is 8.42 Å². The van der Waals surface area contributed by atoms with E-state index in [1.807, 2.05) is 55.5 Å². The molecule has 0 unspecified atom stereocenters. The highest BCUT2D eigenvalue weighted by Crippen LogP contribution is 2.22. The molecule has 0 fully saturated rings. The van der Waals surface area contributed by atoms with Gasteiger partial charge in [0.25, 0.3) is 10.1 Å². The Kier molecular flexibility index (Phi) is 3.72. The van der Waals surface area contributed by atoms with Gasteiger partial charge in [-0.25, -0.2) is 4.98 Å².